The summed E-state index contributed by atoms with van der Waals surface area (Å²) in [6.07, 6.45) is 0. The lowest BCUT2D eigenvalue weighted by Crippen LogP contribution is -2.47. The molecule has 22 heavy (non-hydrogen) atoms. The normalized spacial score (nSPS) is 12.5. The van der Waals surface area contributed by atoms with Gasteiger partial charge in [-0.05, 0) is 45.4 Å². The molecule has 0 unspecified atom stereocenters. The number of carbonyl (C=O) groups is 2. The highest BCUT2D eigenvalue weighted by Crippen LogP contribution is 2.23. The van der Waals surface area contributed by atoms with Gasteiger partial charge in [0.15, 0.2) is 0 Å². The summed E-state index contributed by atoms with van der Waals surface area (Å²) in [6.45, 7) is 7.14. The number of nitrogens with one attached hydrogen (secondary N) is 3. The van der Waals surface area contributed by atoms with Gasteiger partial charge in [-0.2, -0.15) is 0 Å². The van der Waals surface area contributed by atoms with Crippen LogP contribution in [0.15, 0.2) is 18.2 Å². The number of carbonyl (C=O) groups excluding carboxylic acids is 2. The van der Waals surface area contributed by atoms with Crippen molar-refractivity contribution in [3.63, 3.8) is 0 Å². The van der Waals surface area contributed by atoms with Crippen molar-refractivity contribution < 1.29 is 14.0 Å². The van der Waals surface area contributed by atoms with Crippen LogP contribution >= 0.6 is 11.6 Å². The van der Waals surface area contributed by atoms with Crippen molar-refractivity contribution in [1.29, 1.82) is 0 Å². The molecule has 0 bridgehead atoms. The summed E-state index contributed by atoms with van der Waals surface area (Å²) < 4.78 is 13.0. The molecule has 7 heteroatoms. The first-order chi connectivity index (χ1) is 10.1. The molecule has 0 saturated heterocycles. The van der Waals surface area contributed by atoms with Crippen molar-refractivity contribution >= 4 is 23.5 Å². The predicted octanol–water partition coefficient (Wildman–Crippen LogP) is 2.75. The van der Waals surface area contributed by atoms with Crippen molar-refractivity contribution in [2.75, 3.05) is 6.54 Å². The summed E-state index contributed by atoms with van der Waals surface area (Å²) in [5.41, 5.74) is 0.238. The van der Waals surface area contributed by atoms with Crippen LogP contribution in [0, 0.1) is 5.82 Å². The molecule has 0 aromatic heterocycles. The van der Waals surface area contributed by atoms with E-state index in [0.29, 0.717) is 5.56 Å². The minimum Gasteiger partial charge on any atom is -0.350 e. The smallest absolute Gasteiger partial charge is 0.315 e. The largest absolute Gasteiger partial charge is 0.350 e. The van der Waals surface area contributed by atoms with E-state index in [0.717, 1.165) is 0 Å². The van der Waals surface area contributed by atoms with Crippen molar-refractivity contribution in [3.05, 3.63) is 34.6 Å². The highest BCUT2D eigenvalue weighted by Gasteiger charge is 2.16. The third-order valence-electron chi connectivity index (χ3n) is 2.70. The molecule has 1 atom stereocenters. The fraction of sp³-hybridized carbons (Fsp3) is 0.467. The fourth-order valence-corrected chi connectivity index (χ4v) is 2.13. The highest BCUT2D eigenvalue weighted by molar-refractivity contribution is 6.31. The van der Waals surface area contributed by atoms with E-state index in [1.807, 2.05) is 20.8 Å². The van der Waals surface area contributed by atoms with E-state index in [1.54, 1.807) is 6.92 Å². The molecule has 1 aromatic carbocycles. The van der Waals surface area contributed by atoms with Gasteiger partial charge in [0.25, 0.3) is 0 Å². The quantitative estimate of drug-likeness (QED) is 0.795. The molecule has 1 rings (SSSR count). The summed E-state index contributed by atoms with van der Waals surface area (Å²) in [5, 5.41) is 8.06. The van der Waals surface area contributed by atoms with E-state index in [-0.39, 0.29) is 23.0 Å². The molecule has 3 N–H and O–H groups in total. The number of benzene rings is 1. The lowest BCUT2D eigenvalue weighted by molar-refractivity contribution is -0.121. The van der Waals surface area contributed by atoms with Gasteiger partial charge in [0.1, 0.15) is 5.82 Å². The molecule has 0 fully saturated rings. The summed E-state index contributed by atoms with van der Waals surface area (Å²) in [7, 11) is 0. The standard InChI is InChI=1S/C15H21ClFN3O2/c1-9(11-6-5-10(17)7-12(11)16)19-14(22)18-8-13(21)20-15(2,3)4/h5-7,9H,8H2,1-4H3,(H,20,21)(H2,18,19,22)/t9-/m0/s1. The lowest BCUT2D eigenvalue weighted by atomic mass is 10.1. The number of halogens is 2. The Labute approximate surface area is 134 Å². The minimum atomic E-state index is -0.503. The van der Waals surface area contributed by atoms with Crippen LogP contribution in [0.2, 0.25) is 5.02 Å². The number of amides is 3. The Kier molecular flexibility index (Phi) is 6.17. The van der Waals surface area contributed by atoms with E-state index in [1.165, 1.54) is 18.2 Å². The van der Waals surface area contributed by atoms with Crippen molar-refractivity contribution in [1.82, 2.24) is 16.0 Å². The molecule has 0 saturated carbocycles. The van der Waals surface area contributed by atoms with E-state index >= 15 is 0 Å². The molecular weight excluding hydrogens is 309 g/mol. The topological polar surface area (TPSA) is 70.2 Å². The molecule has 122 valence electrons. The molecule has 0 heterocycles. The summed E-state index contributed by atoms with van der Waals surface area (Å²) in [6, 6.07) is 3.04. The zero-order valence-electron chi connectivity index (χ0n) is 13.1. The van der Waals surface area contributed by atoms with Crippen LogP contribution in [0.5, 0.6) is 0 Å². The fourth-order valence-electron chi connectivity index (χ4n) is 1.80. The van der Waals surface area contributed by atoms with E-state index in [4.69, 9.17) is 11.6 Å². The van der Waals surface area contributed by atoms with Crippen LogP contribution in [-0.4, -0.2) is 24.0 Å². The van der Waals surface area contributed by atoms with E-state index in [2.05, 4.69) is 16.0 Å². The van der Waals surface area contributed by atoms with Gasteiger partial charge in [0.05, 0.1) is 12.6 Å². The van der Waals surface area contributed by atoms with Crippen LogP contribution in [0.1, 0.15) is 39.3 Å². The molecule has 5 nitrogen and oxygen atoms in total. The Bertz CT molecular complexity index is 558. The highest BCUT2D eigenvalue weighted by atomic mass is 35.5. The zero-order chi connectivity index (χ0) is 16.9. The maximum atomic E-state index is 13.0. The number of hydrogen-bond donors (Lipinski definition) is 3. The van der Waals surface area contributed by atoms with Crippen LogP contribution in [0.3, 0.4) is 0 Å². The predicted molar refractivity (Wildman–Crippen MR) is 84.3 cm³/mol. The van der Waals surface area contributed by atoms with Crippen LogP contribution < -0.4 is 16.0 Å². The molecule has 1 aromatic rings. The number of urea groups is 1. The summed E-state index contributed by atoms with van der Waals surface area (Å²) in [4.78, 5) is 23.3. The molecule has 0 aliphatic carbocycles. The average Bonchev–Trinajstić information content (AvgIpc) is 2.34. The molecular formula is C15H21ClFN3O2. The van der Waals surface area contributed by atoms with E-state index in [9.17, 15) is 14.0 Å². The SMILES string of the molecule is C[C@H](NC(=O)NCC(=O)NC(C)(C)C)c1ccc(F)cc1Cl. The van der Waals surface area contributed by atoms with Crippen molar-refractivity contribution in [3.8, 4) is 0 Å². The lowest BCUT2D eigenvalue weighted by Gasteiger charge is -2.21. The van der Waals surface area contributed by atoms with Crippen LogP contribution in [0.4, 0.5) is 9.18 Å². The number of hydrogen-bond acceptors (Lipinski definition) is 2. The summed E-state index contributed by atoms with van der Waals surface area (Å²) >= 11 is 5.93. The van der Waals surface area contributed by atoms with Crippen LogP contribution in [0.25, 0.3) is 0 Å². The van der Waals surface area contributed by atoms with E-state index < -0.39 is 17.9 Å². The Balaban J connectivity index is 2.49. The first-order valence-electron chi connectivity index (χ1n) is 6.89. The van der Waals surface area contributed by atoms with Gasteiger partial charge in [-0.25, -0.2) is 9.18 Å². The van der Waals surface area contributed by atoms with Gasteiger partial charge < -0.3 is 16.0 Å². The van der Waals surface area contributed by atoms with Gasteiger partial charge in [-0.1, -0.05) is 17.7 Å². The van der Waals surface area contributed by atoms with Gasteiger partial charge >= 0.3 is 6.03 Å². The maximum Gasteiger partial charge on any atom is 0.315 e. The minimum absolute atomic E-state index is 0.132. The first kappa shape index (κ1) is 18.2. The Morgan fingerprint density at radius 3 is 2.50 bits per heavy atom. The van der Waals surface area contributed by atoms with Gasteiger partial charge in [0.2, 0.25) is 5.91 Å². The zero-order valence-corrected chi connectivity index (χ0v) is 13.8. The number of rotatable bonds is 4. The van der Waals surface area contributed by atoms with Gasteiger partial charge in [0, 0.05) is 10.6 Å². The molecule has 0 aliphatic heterocycles. The van der Waals surface area contributed by atoms with Crippen molar-refractivity contribution in [2.24, 2.45) is 0 Å². The summed E-state index contributed by atoms with van der Waals surface area (Å²) in [5.74, 6) is -0.723. The Morgan fingerprint density at radius 1 is 1.32 bits per heavy atom. The molecule has 0 aliphatic rings. The second-order valence-corrected chi connectivity index (χ2v) is 6.42. The third kappa shape index (κ3) is 6.30. The molecule has 0 spiro atoms. The third-order valence-corrected chi connectivity index (χ3v) is 3.03. The molecule has 3 amide bonds. The maximum absolute atomic E-state index is 13.0. The molecule has 0 radical (unpaired) electrons. The Morgan fingerprint density at radius 2 is 1.95 bits per heavy atom. The second kappa shape index (κ2) is 7.45. The monoisotopic (exact) mass is 329 g/mol. The van der Waals surface area contributed by atoms with Gasteiger partial charge in [-0.15, -0.1) is 0 Å². The second-order valence-electron chi connectivity index (χ2n) is 6.01. The van der Waals surface area contributed by atoms with Gasteiger partial charge in [-0.3, -0.25) is 4.79 Å². The first-order valence-corrected chi connectivity index (χ1v) is 7.26. The van der Waals surface area contributed by atoms with Crippen molar-refractivity contribution in [2.45, 2.75) is 39.3 Å². The average molecular weight is 330 g/mol. The van der Waals surface area contributed by atoms with Crippen LogP contribution in [-0.2, 0) is 4.79 Å². The Hall–Kier alpha value is -1.82.